The number of nitrogens with zero attached hydrogens (tertiary/aromatic N) is 1. The average molecular weight is 313 g/mol. The highest BCUT2D eigenvalue weighted by Gasteiger charge is 1.86. The Bertz CT molecular complexity index is 748. The SMILES string of the molecule is C=CC(=O)C=Cc1ccccc1.N#CC=CC=Cc1ccccc1. The van der Waals surface area contributed by atoms with Gasteiger partial charge >= 0.3 is 0 Å². The van der Waals surface area contributed by atoms with E-state index in [1.807, 2.05) is 78.9 Å². The van der Waals surface area contributed by atoms with Crippen LogP contribution in [0.3, 0.4) is 0 Å². The van der Waals surface area contributed by atoms with Crippen LogP contribution in [0.15, 0.2) is 97.6 Å². The normalized spacial score (nSPS) is 10.3. The van der Waals surface area contributed by atoms with Gasteiger partial charge in [0.1, 0.15) is 0 Å². The quantitative estimate of drug-likeness (QED) is 0.430. The highest BCUT2D eigenvalue weighted by atomic mass is 16.1. The summed E-state index contributed by atoms with van der Waals surface area (Å²) in [7, 11) is 0. The smallest absolute Gasteiger partial charge is 0.178 e. The maximum Gasteiger partial charge on any atom is 0.178 e. The molecule has 0 saturated heterocycles. The van der Waals surface area contributed by atoms with Crippen molar-refractivity contribution < 1.29 is 4.79 Å². The summed E-state index contributed by atoms with van der Waals surface area (Å²) in [4.78, 5) is 10.8. The molecule has 2 rings (SSSR count). The molecule has 0 aliphatic rings. The van der Waals surface area contributed by atoms with Crippen molar-refractivity contribution in [3.8, 4) is 6.07 Å². The second kappa shape index (κ2) is 12.1. The molecule has 0 heterocycles. The third-order valence-corrected chi connectivity index (χ3v) is 2.81. The molecule has 24 heavy (non-hydrogen) atoms. The molecule has 0 aromatic heterocycles. The third-order valence-electron chi connectivity index (χ3n) is 2.81. The highest BCUT2D eigenvalue weighted by molar-refractivity contribution is 6.01. The van der Waals surface area contributed by atoms with E-state index in [0.717, 1.165) is 11.1 Å². The van der Waals surface area contributed by atoms with E-state index in [0.29, 0.717) is 0 Å². The fraction of sp³-hybridized carbons (Fsp3) is 0. The highest BCUT2D eigenvalue weighted by Crippen LogP contribution is 2.01. The van der Waals surface area contributed by atoms with Gasteiger partial charge in [0.25, 0.3) is 0 Å². The molecule has 0 saturated carbocycles. The molecule has 0 radical (unpaired) electrons. The summed E-state index contributed by atoms with van der Waals surface area (Å²) < 4.78 is 0. The Kier molecular flexibility index (Phi) is 9.41. The van der Waals surface area contributed by atoms with Crippen LogP contribution in [0.1, 0.15) is 11.1 Å². The van der Waals surface area contributed by atoms with Crippen molar-refractivity contribution in [2.24, 2.45) is 0 Å². The standard InChI is InChI=1S/C11H9N.C11H10O/c12-10-6-2-5-9-11-7-3-1-4-8-11;1-2-11(12)9-8-10-6-4-3-5-7-10/h1-9H;2-9H,1H2. The van der Waals surface area contributed by atoms with Crippen LogP contribution in [-0.2, 0) is 4.79 Å². The van der Waals surface area contributed by atoms with Gasteiger partial charge in [0.05, 0.1) is 6.07 Å². The zero-order chi connectivity index (χ0) is 17.5. The summed E-state index contributed by atoms with van der Waals surface area (Å²) in [5.74, 6) is -0.0705. The molecule has 0 atom stereocenters. The Morgan fingerprint density at radius 3 is 1.92 bits per heavy atom. The van der Waals surface area contributed by atoms with Crippen LogP contribution in [0.4, 0.5) is 0 Å². The molecule has 0 bridgehead atoms. The third kappa shape index (κ3) is 8.76. The molecule has 0 aliphatic carbocycles. The van der Waals surface area contributed by atoms with Crippen LogP contribution in [0.2, 0.25) is 0 Å². The Hall–Kier alpha value is -3.44. The summed E-state index contributed by atoms with van der Waals surface area (Å²) in [5.41, 5.74) is 2.16. The van der Waals surface area contributed by atoms with Crippen LogP contribution < -0.4 is 0 Å². The van der Waals surface area contributed by atoms with Gasteiger partial charge in [0, 0.05) is 6.08 Å². The van der Waals surface area contributed by atoms with E-state index < -0.39 is 0 Å². The predicted molar refractivity (Wildman–Crippen MR) is 101 cm³/mol. The van der Waals surface area contributed by atoms with E-state index in [1.54, 1.807) is 12.2 Å². The van der Waals surface area contributed by atoms with Crippen LogP contribution in [0, 0.1) is 11.3 Å². The molecule has 0 unspecified atom stereocenters. The van der Waals surface area contributed by atoms with E-state index in [1.165, 1.54) is 18.2 Å². The lowest BCUT2D eigenvalue weighted by Crippen LogP contribution is -1.82. The summed E-state index contributed by atoms with van der Waals surface area (Å²) in [6.07, 6.45) is 11.5. The zero-order valence-electron chi connectivity index (χ0n) is 13.4. The molecule has 118 valence electrons. The molecule has 0 amide bonds. The van der Waals surface area contributed by atoms with Crippen molar-refractivity contribution in [1.29, 1.82) is 5.26 Å². The minimum Gasteiger partial charge on any atom is -0.290 e. The predicted octanol–water partition coefficient (Wildman–Crippen LogP) is 5.23. The van der Waals surface area contributed by atoms with Crippen LogP contribution >= 0.6 is 0 Å². The number of ketones is 1. The van der Waals surface area contributed by atoms with Crippen LogP contribution in [0.5, 0.6) is 0 Å². The fourth-order valence-corrected chi connectivity index (χ4v) is 1.64. The van der Waals surface area contributed by atoms with Gasteiger partial charge in [-0.25, -0.2) is 0 Å². The number of carbonyl (C=O) groups excluding carboxylic acids is 1. The van der Waals surface area contributed by atoms with Crippen molar-refractivity contribution in [1.82, 2.24) is 0 Å². The summed E-state index contributed by atoms with van der Waals surface area (Å²) >= 11 is 0. The number of allylic oxidation sites excluding steroid dienone is 5. The number of nitriles is 1. The van der Waals surface area contributed by atoms with Crippen molar-refractivity contribution in [3.05, 3.63) is 109 Å². The first kappa shape index (κ1) is 18.6. The van der Waals surface area contributed by atoms with Gasteiger partial charge in [-0.05, 0) is 23.3 Å². The molecule has 2 nitrogen and oxygen atoms in total. The average Bonchev–Trinajstić information content (AvgIpc) is 2.65. The molecular formula is C22H19NO. The lowest BCUT2D eigenvalue weighted by atomic mass is 10.2. The Morgan fingerprint density at radius 2 is 1.42 bits per heavy atom. The summed E-state index contributed by atoms with van der Waals surface area (Å²) in [6.45, 7) is 3.37. The van der Waals surface area contributed by atoms with Gasteiger partial charge in [0.2, 0.25) is 0 Å². The maximum atomic E-state index is 10.8. The summed E-state index contributed by atoms with van der Waals surface area (Å²) in [6, 6.07) is 21.5. The maximum absolute atomic E-state index is 10.8. The van der Waals surface area contributed by atoms with E-state index in [4.69, 9.17) is 5.26 Å². The van der Waals surface area contributed by atoms with E-state index in [-0.39, 0.29) is 5.78 Å². The lowest BCUT2D eigenvalue weighted by molar-refractivity contribution is -0.110. The minimum absolute atomic E-state index is 0.0705. The Labute approximate surface area is 143 Å². The van der Waals surface area contributed by atoms with Gasteiger partial charge in [-0.1, -0.05) is 91.5 Å². The molecule has 2 aromatic carbocycles. The van der Waals surface area contributed by atoms with Gasteiger partial charge in [0.15, 0.2) is 5.78 Å². The number of rotatable bonds is 5. The Morgan fingerprint density at radius 1 is 0.875 bits per heavy atom. The Balaban J connectivity index is 0.000000240. The molecule has 2 aromatic rings. The number of carbonyl (C=O) groups is 1. The first-order chi connectivity index (χ1) is 11.8. The fourth-order valence-electron chi connectivity index (χ4n) is 1.64. The molecule has 2 heteroatoms. The topological polar surface area (TPSA) is 40.9 Å². The second-order valence-electron chi connectivity index (χ2n) is 4.61. The molecule has 0 N–H and O–H groups in total. The van der Waals surface area contributed by atoms with Crippen molar-refractivity contribution in [3.63, 3.8) is 0 Å². The van der Waals surface area contributed by atoms with Crippen molar-refractivity contribution in [2.75, 3.05) is 0 Å². The van der Waals surface area contributed by atoms with Crippen molar-refractivity contribution >= 4 is 17.9 Å². The molecule has 0 spiro atoms. The lowest BCUT2D eigenvalue weighted by Gasteiger charge is -1.88. The van der Waals surface area contributed by atoms with Gasteiger partial charge in [-0.3, -0.25) is 4.79 Å². The van der Waals surface area contributed by atoms with Crippen molar-refractivity contribution in [2.45, 2.75) is 0 Å². The van der Waals surface area contributed by atoms with E-state index >= 15 is 0 Å². The number of benzene rings is 2. The summed E-state index contributed by atoms with van der Waals surface area (Å²) in [5, 5.41) is 8.19. The van der Waals surface area contributed by atoms with Gasteiger partial charge in [-0.2, -0.15) is 5.26 Å². The number of hydrogen-bond acceptors (Lipinski definition) is 2. The first-order valence-electron chi connectivity index (χ1n) is 7.43. The van der Waals surface area contributed by atoms with Gasteiger partial charge < -0.3 is 0 Å². The first-order valence-corrected chi connectivity index (χ1v) is 7.43. The van der Waals surface area contributed by atoms with E-state index in [2.05, 4.69) is 6.58 Å². The van der Waals surface area contributed by atoms with Crippen LogP contribution in [0.25, 0.3) is 12.2 Å². The van der Waals surface area contributed by atoms with E-state index in [9.17, 15) is 4.79 Å². The van der Waals surface area contributed by atoms with Crippen LogP contribution in [-0.4, -0.2) is 5.78 Å². The molecule has 0 fully saturated rings. The molecular weight excluding hydrogens is 294 g/mol. The monoisotopic (exact) mass is 313 g/mol. The number of hydrogen-bond donors (Lipinski definition) is 0. The largest absolute Gasteiger partial charge is 0.290 e. The second-order valence-corrected chi connectivity index (χ2v) is 4.61. The zero-order valence-corrected chi connectivity index (χ0v) is 13.4. The molecule has 0 aliphatic heterocycles. The minimum atomic E-state index is -0.0705. The van der Waals surface area contributed by atoms with Gasteiger partial charge in [-0.15, -0.1) is 0 Å².